The molecule has 4 amide bonds. The Morgan fingerprint density at radius 2 is 1.87 bits per heavy atom. The first-order valence-corrected chi connectivity index (χ1v) is 7.39. The van der Waals surface area contributed by atoms with Gasteiger partial charge in [0.05, 0.1) is 18.7 Å². The number of nitrogens with two attached hydrogens (primary N) is 1. The molecule has 1 fully saturated rings. The molecule has 0 heterocycles. The van der Waals surface area contributed by atoms with Crippen LogP contribution < -0.4 is 21.7 Å². The smallest absolute Gasteiger partial charge is 0.315 e. The molecule has 0 aromatic rings. The van der Waals surface area contributed by atoms with Gasteiger partial charge in [-0.3, -0.25) is 9.59 Å². The van der Waals surface area contributed by atoms with Crippen molar-refractivity contribution in [3.8, 4) is 0 Å². The molecular weight excluding hydrogens is 308 g/mol. The topological polar surface area (TPSA) is 174 Å². The molecule has 10 heteroatoms. The molecule has 0 aliphatic heterocycles. The Kier molecular flexibility index (Phi) is 6.73. The zero-order valence-corrected chi connectivity index (χ0v) is 12.9. The van der Waals surface area contributed by atoms with E-state index >= 15 is 0 Å². The minimum Gasteiger partial charge on any atom is -0.390 e. The van der Waals surface area contributed by atoms with Gasteiger partial charge in [-0.15, -0.1) is 0 Å². The number of carbonyl (C=O) groups is 3. The maximum atomic E-state index is 12.0. The molecule has 0 spiro atoms. The number of carbonyl (C=O) groups excluding carboxylic acids is 3. The third-order valence-electron chi connectivity index (χ3n) is 3.61. The Balaban J connectivity index is 2.74. The lowest BCUT2D eigenvalue weighted by Crippen LogP contribution is -2.64. The van der Waals surface area contributed by atoms with Crippen molar-refractivity contribution >= 4 is 17.8 Å². The van der Waals surface area contributed by atoms with Crippen molar-refractivity contribution in [3.05, 3.63) is 0 Å². The summed E-state index contributed by atoms with van der Waals surface area (Å²) in [6.45, 7) is 1.82. The summed E-state index contributed by atoms with van der Waals surface area (Å²) in [7, 11) is 0. The average Bonchev–Trinajstić information content (AvgIpc) is 2.47. The predicted octanol–water partition coefficient (Wildman–Crippen LogP) is -3.09. The number of aliphatic hydroxyl groups is 3. The van der Waals surface area contributed by atoms with Gasteiger partial charge in [0.25, 0.3) is 5.91 Å². The fraction of sp³-hybridized carbons (Fsp3) is 0.769. The van der Waals surface area contributed by atoms with Crippen LogP contribution >= 0.6 is 0 Å². The summed E-state index contributed by atoms with van der Waals surface area (Å²) >= 11 is 0. The van der Waals surface area contributed by atoms with Crippen LogP contribution in [0.25, 0.3) is 0 Å². The van der Waals surface area contributed by atoms with Crippen molar-refractivity contribution in [1.82, 2.24) is 16.0 Å². The highest BCUT2D eigenvalue weighted by atomic mass is 16.3. The van der Waals surface area contributed by atoms with Crippen molar-refractivity contribution in [2.45, 2.75) is 50.0 Å². The Morgan fingerprint density at radius 3 is 2.43 bits per heavy atom. The van der Waals surface area contributed by atoms with E-state index in [0.29, 0.717) is 13.0 Å². The highest BCUT2D eigenvalue weighted by Gasteiger charge is 2.49. The van der Waals surface area contributed by atoms with E-state index in [9.17, 15) is 29.7 Å². The van der Waals surface area contributed by atoms with E-state index in [0.717, 1.165) is 0 Å². The average molecular weight is 332 g/mol. The SMILES string of the molecule is CCCNC(=O)N[C@H]1C[C@@](O)(C(=O)NCC(N)=O)C[C@@H](O)[C@@H]1O. The molecule has 23 heavy (non-hydrogen) atoms. The fourth-order valence-corrected chi connectivity index (χ4v) is 2.41. The second kappa shape index (κ2) is 8.09. The molecule has 1 saturated carbocycles. The van der Waals surface area contributed by atoms with E-state index in [-0.39, 0.29) is 6.42 Å². The lowest BCUT2D eigenvalue weighted by molar-refractivity contribution is -0.157. The zero-order valence-electron chi connectivity index (χ0n) is 12.9. The first-order valence-electron chi connectivity index (χ1n) is 7.39. The normalized spacial score (nSPS) is 30.3. The van der Waals surface area contributed by atoms with Crippen LogP contribution in [0, 0.1) is 0 Å². The second-order valence-electron chi connectivity index (χ2n) is 5.65. The van der Waals surface area contributed by atoms with Gasteiger partial charge >= 0.3 is 6.03 Å². The highest BCUT2D eigenvalue weighted by Crippen LogP contribution is 2.29. The lowest BCUT2D eigenvalue weighted by Gasteiger charge is -2.41. The summed E-state index contributed by atoms with van der Waals surface area (Å²) in [6.07, 6.45) is -2.76. The molecule has 8 N–H and O–H groups in total. The second-order valence-corrected chi connectivity index (χ2v) is 5.65. The summed E-state index contributed by atoms with van der Waals surface area (Å²) in [5.41, 5.74) is 2.88. The number of primary amides is 1. The van der Waals surface area contributed by atoms with Crippen LogP contribution in [0.2, 0.25) is 0 Å². The van der Waals surface area contributed by atoms with Crippen molar-refractivity contribution in [2.75, 3.05) is 13.1 Å². The molecule has 0 saturated heterocycles. The summed E-state index contributed by atoms with van der Waals surface area (Å²) < 4.78 is 0. The minimum absolute atomic E-state index is 0.310. The minimum atomic E-state index is -2.03. The predicted molar refractivity (Wildman–Crippen MR) is 79.0 cm³/mol. The molecule has 0 bridgehead atoms. The Bertz CT molecular complexity index is 460. The van der Waals surface area contributed by atoms with Crippen LogP contribution in [0.15, 0.2) is 0 Å². The van der Waals surface area contributed by atoms with E-state index in [1.165, 1.54) is 0 Å². The Hall–Kier alpha value is -1.91. The number of hydrogen-bond donors (Lipinski definition) is 7. The molecule has 1 rings (SSSR count). The maximum Gasteiger partial charge on any atom is 0.315 e. The zero-order chi connectivity index (χ0) is 17.6. The third-order valence-corrected chi connectivity index (χ3v) is 3.61. The van der Waals surface area contributed by atoms with Crippen LogP contribution in [0.1, 0.15) is 26.2 Å². The fourth-order valence-electron chi connectivity index (χ4n) is 2.41. The highest BCUT2D eigenvalue weighted by molar-refractivity contribution is 5.89. The van der Waals surface area contributed by atoms with Gasteiger partial charge in [0.2, 0.25) is 5.91 Å². The van der Waals surface area contributed by atoms with Gasteiger partial charge < -0.3 is 37.0 Å². The Morgan fingerprint density at radius 1 is 1.22 bits per heavy atom. The molecule has 0 radical (unpaired) electrons. The van der Waals surface area contributed by atoms with Gasteiger partial charge in [-0.1, -0.05) is 6.92 Å². The van der Waals surface area contributed by atoms with Crippen LogP contribution in [-0.4, -0.2) is 70.1 Å². The standard InChI is InChI=1S/C13H24N4O6/c1-2-3-15-12(22)17-7-4-13(23,5-8(18)10(7)20)11(21)16-6-9(14)19/h7-8,10,18,20,23H,2-6H2,1H3,(H2,14,19)(H,16,21)(H2,15,17,22)/t7-,8+,10+,13-/m0/s1. The van der Waals surface area contributed by atoms with E-state index in [2.05, 4.69) is 16.0 Å². The van der Waals surface area contributed by atoms with Crippen LogP contribution in [0.3, 0.4) is 0 Å². The number of urea groups is 1. The molecule has 0 aromatic carbocycles. The molecule has 0 unspecified atom stereocenters. The number of nitrogens with one attached hydrogen (secondary N) is 3. The van der Waals surface area contributed by atoms with Crippen LogP contribution in [-0.2, 0) is 9.59 Å². The van der Waals surface area contributed by atoms with E-state index < -0.39 is 54.7 Å². The van der Waals surface area contributed by atoms with E-state index in [4.69, 9.17) is 5.73 Å². The maximum absolute atomic E-state index is 12.0. The van der Waals surface area contributed by atoms with Gasteiger partial charge in [0, 0.05) is 19.4 Å². The van der Waals surface area contributed by atoms with Crippen LogP contribution in [0.5, 0.6) is 0 Å². The first kappa shape index (κ1) is 19.1. The Labute approximate surface area is 133 Å². The number of aliphatic hydroxyl groups excluding tert-OH is 2. The van der Waals surface area contributed by atoms with Crippen molar-refractivity contribution in [3.63, 3.8) is 0 Å². The molecule has 0 aromatic heterocycles. The largest absolute Gasteiger partial charge is 0.390 e. The molecule has 1 aliphatic carbocycles. The third kappa shape index (κ3) is 5.34. The quantitative estimate of drug-likeness (QED) is 0.271. The first-order chi connectivity index (χ1) is 10.7. The van der Waals surface area contributed by atoms with Gasteiger partial charge in [0.15, 0.2) is 0 Å². The van der Waals surface area contributed by atoms with Gasteiger partial charge in [-0.25, -0.2) is 4.79 Å². The van der Waals surface area contributed by atoms with E-state index in [1.807, 2.05) is 6.92 Å². The van der Waals surface area contributed by atoms with E-state index in [1.54, 1.807) is 0 Å². The number of hydrogen-bond acceptors (Lipinski definition) is 6. The summed E-state index contributed by atoms with van der Waals surface area (Å²) in [5.74, 6) is -1.69. The van der Waals surface area contributed by atoms with Crippen molar-refractivity contribution in [1.29, 1.82) is 0 Å². The molecule has 10 nitrogen and oxygen atoms in total. The lowest BCUT2D eigenvalue weighted by atomic mass is 9.77. The van der Waals surface area contributed by atoms with Crippen LogP contribution in [0.4, 0.5) is 4.79 Å². The summed E-state index contributed by atoms with van der Waals surface area (Å²) in [4.78, 5) is 34.3. The number of rotatable bonds is 6. The monoisotopic (exact) mass is 332 g/mol. The molecular formula is C13H24N4O6. The van der Waals surface area contributed by atoms with Gasteiger partial charge in [0.1, 0.15) is 11.7 Å². The molecule has 1 aliphatic rings. The van der Waals surface area contributed by atoms with Gasteiger partial charge in [-0.2, -0.15) is 0 Å². The van der Waals surface area contributed by atoms with Gasteiger partial charge in [-0.05, 0) is 6.42 Å². The van der Waals surface area contributed by atoms with Crippen molar-refractivity contribution < 1.29 is 29.7 Å². The molecule has 4 atom stereocenters. The number of amides is 4. The molecule has 132 valence electrons. The summed E-state index contributed by atoms with van der Waals surface area (Å²) in [6, 6.07) is -1.61. The summed E-state index contributed by atoms with van der Waals surface area (Å²) in [5, 5.41) is 37.3. The van der Waals surface area contributed by atoms with Crippen molar-refractivity contribution in [2.24, 2.45) is 5.73 Å².